The van der Waals surface area contributed by atoms with Gasteiger partial charge < -0.3 is 10.5 Å². The fourth-order valence-electron chi connectivity index (χ4n) is 4.71. The number of likely N-dealkylation sites (tertiary alicyclic amines) is 1. The van der Waals surface area contributed by atoms with Crippen molar-refractivity contribution in [3.63, 3.8) is 0 Å². The first kappa shape index (κ1) is 25.4. The van der Waals surface area contributed by atoms with Crippen LogP contribution in [0.15, 0.2) is 30.5 Å². The number of carbonyl (C=O) groups excluding carboxylic acids is 1. The molecule has 1 fully saturated rings. The van der Waals surface area contributed by atoms with Crippen molar-refractivity contribution in [2.24, 2.45) is 11.1 Å². The fraction of sp³-hybridized carbons (Fsp3) is 0.565. The standard InChI is InChI=1S/C23H29F4N3O2S/c1-15-5-6-16(13-29-15)20(2,3)30-12-11-22(14-30,10-9-17-7-8-18(24)33-17)21(4,23(25,26)27)32-19(28)31/h5-8,13H,9-12,14H2,1-4H3,(H2,28,31). The van der Waals surface area contributed by atoms with Crippen LogP contribution in [-0.2, 0) is 16.7 Å². The van der Waals surface area contributed by atoms with Gasteiger partial charge in [0.25, 0.3) is 0 Å². The second-order valence-corrected chi connectivity index (χ2v) is 10.5. The van der Waals surface area contributed by atoms with Crippen molar-refractivity contribution in [2.45, 2.75) is 64.3 Å². The lowest BCUT2D eigenvalue weighted by atomic mass is 9.68. The van der Waals surface area contributed by atoms with Gasteiger partial charge in [-0.1, -0.05) is 6.07 Å². The van der Waals surface area contributed by atoms with E-state index in [9.17, 15) is 22.4 Å². The van der Waals surface area contributed by atoms with Gasteiger partial charge in [0.15, 0.2) is 5.13 Å². The zero-order valence-corrected chi connectivity index (χ0v) is 19.9. The molecule has 0 radical (unpaired) electrons. The molecule has 2 N–H and O–H groups in total. The Morgan fingerprint density at radius 2 is 1.94 bits per heavy atom. The molecule has 1 aliphatic rings. The number of primary amides is 1. The lowest BCUT2D eigenvalue weighted by molar-refractivity contribution is -0.291. The van der Waals surface area contributed by atoms with Gasteiger partial charge in [-0.2, -0.15) is 17.6 Å². The number of carbonyl (C=O) groups is 1. The fourth-order valence-corrected chi connectivity index (χ4v) is 5.44. The van der Waals surface area contributed by atoms with Gasteiger partial charge in [-0.3, -0.25) is 9.88 Å². The summed E-state index contributed by atoms with van der Waals surface area (Å²) in [5.41, 5.74) is 1.92. The molecular weight excluding hydrogens is 458 g/mol. The molecule has 0 saturated carbocycles. The highest BCUT2D eigenvalue weighted by Crippen LogP contribution is 2.55. The average Bonchev–Trinajstić information content (AvgIpc) is 3.33. The number of nitrogens with zero attached hydrogens (tertiary/aromatic N) is 2. The number of hydrogen-bond donors (Lipinski definition) is 1. The Balaban J connectivity index is 2.00. The molecule has 0 aliphatic carbocycles. The summed E-state index contributed by atoms with van der Waals surface area (Å²) in [5.74, 6) is 0. The van der Waals surface area contributed by atoms with Crippen molar-refractivity contribution >= 4 is 17.4 Å². The van der Waals surface area contributed by atoms with Gasteiger partial charge in [0, 0.05) is 34.3 Å². The van der Waals surface area contributed by atoms with Crippen molar-refractivity contribution < 1.29 is 27.1 Å². The second kappa shape index (κ2) is 8.87. The summed E-state index contributed by atoms with van der Waals surface area (Å²) in [6, 6.07) is 6.65. The van der Waals surface area contributed by atoms with Crippen molar-refractivity contribution in [3.8, 4) is 0 Å². The Morgan fingerprint density at radius 3 is 2.45 bits per heavy atom. The molecule has 182 valence electrons. The topological polar surface area (TPSA) is 68.5 Å². The Hall–Kier alpha value is -2.20. The molecule has 10 heteroatoms. The van der Waals surface area contributed by atoms with Crippen molar-refractivity contribution in [1.82, 2.24) is 9.88 Å². The van der Waals surface area contributed by atoms with Gasteiger partial charge in [0.2, 0.25) is 5.60 Å². The monoisotopic (exact) mass is 487 g/mol. The molecule has 33 heavy (non-hydrogen) atoms. The van der Waals surface area contributed by atoms with E-state index in [1.165, 1.54) is 6.07 Å². The maximum absolute atomic E-state index is 14.5. The third-order valence-corrected chi connectivity index (χ3v) is 8.03. The number of pyridine rings is 1. The van der Waals surface area contributed by atoms with Crippen LogP contribution in [0.3, 0.4) is 0 Å². The van der Waals surface area contributed by atoms with E-state index in [1.54, 1.807) is 12.3 Å². The number of aromatic nitrogens is 1. The molecule has 1 saturated heterocycles. The SMILES string of the molecule is Cc1ccc(C(C)(C)N2CCC(CCc3ccc(F)s3)(C(C)(OC(N)=O)C(F)(F)F)C2)cn1. The van der Waals surface area contributed by atoms with E-state index in [2.05, 4.69) is 4.98 Å². The number of aryl methyl sites for hydroxylation is 2. The maximum atomic E-state index is 14.5. The van der Waals surface area contributed by atoms with Crippen molar-refractivity contribution in [1.29, 1.82) is 0 Å². The summed E-state index contributed by atoms with van der Waals surface area (Å²) in [6.07, 6.45) is -4.19. The molecule has 1 aliphatic heterocycles. The third-order valence-electron chi connectivity index (χ3n) is 7.10. The van der Waals surface area contributed by atoms with Gasteiger partial charge >= 0.3 is 12.3 Å². The number of nitrogens with two attached hydrogens (primary N) is 1. The van der Waals surface area contributed by atoms with Crippen LogP contribution in [0.25, 0.3) is 0 Å². The minimum absolute atomic E-state index is 0.0189. The summed E-state index contributed by atoms with van der Waals surface area (Å²) >= 11 is 0.904. The van der Waals surface area contributed by atoms with E-state index in [1.807, 2.05) is 37.8 Å². The summed E-state index contributed by atoms with van der Waals surface area (Å²) in [4.78, 5) is 18.5. The Kier molecular flexibility index (Phi) is 6.83. The first-order valence-corrected chi connectivity index (χ1v) is 11.5. The first-order chi connectivity index (χ1) is 15.2. The van der Waals surface area contributed by atoms with Crippen LogP contribution in [0.2, 0.25) is 0 Å². The number of hydrogen-bond acceptors (Lipinski definition) is 5. The third kappa shape index (κ3) is 4.87. The Morgan fingerprint density at radius 1 is 1.24 bits per heavy atom. The summed E-state index contributed by atoms with van der Waals surface area (Å²) in [6.45, 7) is 7.00. The highest BCUT2D eigenvalue weighted by atomic mass is 32.1. The van der Waals surface area contributed by atoms with Crippen LogP contribution in [0, 0.1) is 17.5 Å². The quantitative estimate of drug-likeness (QED) is 0.519. The minimum Gasteiger partial charge on any atom is -0.433 e. The highest BCUT2D eigenvalue weighted by Gasteiger charge is 2.68. The lowest BCUT2D eigenvalue weighted by Gasteiger charge is -2.47. The van der Waals surface area contributed by atoms with Crippen LogP contribution in [0.4, 0.5) is 22.4 Å². The molecule has 0 spiro atoms. The van der Waals surface area contributed by atoms with E-state index in [0.29, 0.717) is 11.4 Å². The normalized spacial score (nSPS) is 21.7. The van der Waals surface area contributed by atoms with Crippen LogP contribution >= 0.6 is 11.3 Å². The van der Waals surface area contributed by atoms with Gasteiger partial charge in [-0.15, -0.1) is 11.3 Å². The van der Waals surface area contributed by atoms with E-state index in [0.717, 1.165) is 29.5 Å². The molecule has 2 atom stereocenters. The maximum Gasteiger partial charge on any atom is 0.428 e. The molecule has 0 aromatic carbocycles. The minimum atomic E-state index is -4.85. The van der Waals surface area contributed by atoms with Crippen molar-refractivity contribution in [3.05, 3.63) is 51.7 Å². The van der Waals surface area contributed by atoms with E-state index in [-0.39, 0.29) is 25.8 Å². The molecule has 2 aromatic rings. The number of ether oxygens (including phenoxy) is 1. The van der Waals surface area contributed by atoms with Gasteiger partial charge in [-0.25, -0.2) is 4.79 Å². The molecule has 0 bridgehead atoms. The number of rotatable bonds is 7. The zero-order valence-electron chi connectivity index (χ0n) is 19.1. The summed E-state index contributed by atoms with van der Waals surface area (Å²) in [7, 11) is 0. The van der Waals surface area contributed by atoms with Crippen LogP contribution in [0.5, 0.6) is 0 Å². The lowest BCUT2D eigenvalue weighted by Crippen LogP contribution is -2.61. The van der Waals surface area contributed by atoms with Gasteiger partial charge in [0.05, 0.1) is 0 Å². The second-order valence-electron chi connectivity index (χ2n) is 9.36. The molecule has 5 nitrogen and oxygen atoms in total. The van der Waals surface area contributed by atoms with Crippen molar-refractivity contribution in [2.75, 3.05) is 13.1 Å². The molecular formula is C23H29F4N3O2S. The smallest absolute Gasteiger partial charge is 0.428 e. The van der Waals surface area contributed by atoms with Gasteiger partial charge in [-0.05, 0) is 77.3 Å². The summed E-state index contributed by atoms with van der Waals surface area (Å²) < 4.78 is 61.8. The van der Waals surface area contributed by atoms with Crippen LogP contribution < -0.4 is 5.73 Å². The largest absolute Gasteiger partial charge is 0.433 e. The van der Waals surface area contributed by atoms with E-state index in [4.69, 9.17) is 10.5 Å². The molecule has 3 rings (SSSR count). The van der Waals surface area contributed by atoms with Crippen LogP contribution in [-0.4, -0.2) is 40.8 Å². The predicted molar refractivity (Wildman–Crippen MR) is 118 cm³/mol. The number of thiophene rings is 1. The van der Waals surface area contributed by atoms with E-state index >= 15 is 0 Å². The number of halogens is 4. The van der Waals surface area contributed by atoms with Gasteiger partial charge in [0.1, 0.15) is 0 Å². The number of amides is 1. The molecule has 2 aromatic heterocycles. The first-order valence-electron chi connectivity index (χ1n) is 10.7. The molecule has 3 heterocycles. The Labute approximate surface area is 194 Å². The highest BCUT2D eigenvalue weighted by molar-refractivity contribution is 7.10. The predicted octanol–water partition coefficient (Wildman–Crippen LogP) is 5.57. The summed E-state index contributed by atoms with van der Waals surface area (Å²) in [5, 5.41) is -0.396. The zero-order chi connectivity index (χ0) is 24.7. The Bertz CT molecular complexity index is 992. The average molecular weight is 488 g/mol. The van der Waals surface area contributed by atoms with E-state index < -0.39 is 34.0 Å². The molecule has 1 amide bonds. The molecule has 2 unspecified atom stereocenters. The number of alkyl halides is 3. The van der Waals surface area contributed by atoms with Crippen LogP contribution in [0.1, 0.15) is 49.7 Å².